The number of rotatable bonds is 9. The van der Waals surface area contributed by atoms with Crippen LogP contribution in [0.15, 0.2) is 54.7 Å². The van der Waals surface area contributed by atoms with Crippen LogP contribution in [0.25, 0.3) is 11.0 Å². The Balaban J connectivity index is 1.24. The molecule has 0 unspecified atom stereocenters. The van der Waals surface area contributed by atoms with E-state index in [4.69, 9.17) is 9.47 Å². The molecule has 0 bridgehead atoms. The van der Waals surface area contributed by atoms with E-state index in [0.717, 1.165) is 31.2 Å². The van der Waals surface area contributed by atoms with E-state index in [2.05, 4.69) is 20.6 Å². The van der Waals surface area contributed by atoms with Crippen LogP contribution in [0.2, 0.25) is 0 Å². The first-order valence-electron chi connectivity index (χ1n) is 11.8. The largest absolute Gasteiger partial charge is 0.478 e. The minimum Gasteiger partial charge on any atom is -0.478 e. The van der Waals surface area contributed by atoms with Gasteiger partial charge in [-0.05, 0) is 37.0 Å². The summed E-state index contributed by atoms with van der Waals surface area (Å²) in [4.78, 5) is 33.4. The van der Waals surface area contributed by atoms with Gasteiger partial charge in [0, 0.05) is 24.7 Å². The summed E-state index contributed by atoms with van der Waals surface area (Å²) in [5, 5.41) is 5.75. The number of benzene rings is 1. The highest BCUT2D eigenvalue weighted by Crippen LogP contribution is 2.27. The highest BCUT2D eigenvalue weighted by atomic mass is 16.5. The highest BCUT2D eigenvalue weighted by Gasteiger charge is 2.22. The van der Waals surface area contributed by atoms with E-state index >= 15 is 0 Å². The topological polar surface area (TPSA) is 102 Å². The molecule has 1 saturated carbocycles. The summed E-state index contributed by atoms with van der Waals surface area (Å²) in [5.74, 6) is 0.550. The summed E-state index contributed by atoms with van der Waals surface area (Å²) < 4.78 is 10.9. The van der Waals surface area contributed by atoms with Crippen LogP contribution in [0.3, 0.4) is 0 Å². The van der Waals surface area contributed by atoms with Crippen LogP contribution in [0.1, 0.15) is 44.1 Å². The van der Waals surface area contributed by atoms with E-state index in [-0.39, 0.29) is 18.4 Å². The third kappa shape index (κ3) is 6.66. The minimum atomic E-state index is -0.461. The van der Waals surface area contributed by atoms with Gasteiger partial charge in [0.15, 0.2) is 0 Å². The molecule has 0 spiro atoms. The Morgan fingerprint density at radius 2 is 1.82 bits per heavy atom. The summed E-state index contributed by atoms with van der Waals surface area (Å²) in [7, 11) is 0. The molecule has 4 rings (SSSR count). The van der Waals surface area contributed by atoms with Gasteiger partial charge in [-0.3, -0.25) is 9.78 Å². The maximum Gasteiger partial charge on any atom is 0.407 e. The van der Waals surface area contributed by atoms with Crippen molar-refractivity contribution in [1.29, 1.82) is 0 Å². The zero-order valence-electron chi connectivity index (χ0n) is 19.2. The van der Waals surface area contributed by atoms with Crippen LogP contribution in [0, 0.1) is 5.92 Å². The van der Waals surface area contributed by atoms with Crippen molar-refractivity contribution in [3.8, 4) is 5.88 Å². The number of nitrogens with one attached hydrogen (secondary N) is 2. The average Bonchev–Trinajstić information content (AvgIpc) is 2.88. The monoisotopic (exact) mass is 462 g/mol. The smallest absolute Gasteiger partial charge is 0.407 e. The van der Waals surface area contributed by atoms with Crippen LogP contribution < -0.4 is 15.4 Å². The van der Waals surface area contributed by atoms with Crippen molar-refractivity contribution in [2.45, 2.75) is 45.1 Å². The number of amides is 2. The molecule has 8 nitrogen and oxygen atoms in total. The molecule has 34 heavy (non-hydrogen) atoms. The molecule has 3 aromatic rings. The lowest BCUT2D eigenvalue weighted by Gasteiger charge is -2.21. The molecule has 8 heteroatoms. The van der Waals surface area contributed by atoms with Crippen molar-refractivity contribution in [2.75, 3.05) is 18.5 Å². The SMILES string of the molecule is O=C(NCCCOc1ccc2nccc(NC(=O)C3CCCCC3)c2n1)OCc1ccccc1. The fourth-order valence-corrected chi connectivity index (χ4v) is 4.00. The molecule has 2 heterocycles. The maximum atomic E-state index is 12.7. The molecule has 0 radical (unpaired) electrons. The first-order valence-corrected chi connectivity index (χ1v) is 11.8. The number of anilines is 1. The molecule has 1 aromatic carbocycles. The third-order valence-corrected chi connectivity index (χ3v) is 5.85. The minimum absolute atomic E-state index is 0.0468. The lowest BCUT2D eigenvalue weighted by atomic mass is 9.88. The van der Waals surface area contributed by atoms with Crippen LogP contribution >= 0.6 is 0 Å². The van der Waals surface area contributed by atoms with E-state index in [1.807, 2.05) is 36.4 Å². The number of pyridine rings is 2. The number of aromatic nitrogens is 2. The van der Waals surface area contributed by atoms with Gasteiger partial charge >= 0.3 is 6.09 Å². The summed E-state index contributed by atoms with van der Waals surface area (Å²) in [6.07, 6.45) is 7.08. The molecule has 1 aliphatic carbocycles. The van der Waals surface area contributed by atoms with E-state index in [0.29, 0.717) is 42.2 Å². The second kappa shape index (κ2) is 12.0. The molecule has 1 fully saturated rings. The number of ether oxygens (including phenoxy) is 2. The standard InChI is InChI=1S/C26H30N4O4/c31-25(20-10-5-2-6-11-20)29-22-14-16-27-21-12-13-23(30-24(21)22)33-17-7-15-28-26(32)34-18-19-8-3-1-4-9-19/h1,3-4,8-9,12-14,16,20H,2,5-7,10-11,15,17-18H2,(H,28,32)(H,27,29,31). The van der Waals surface area contributed by atoms with Crippen LogP contribution in [0.4, 0.5) is 10.5 Å². The Labute approximate surface area is 199 Å². The predicted octanol–water partition coefficient (Wildman–Crippen LogP) is 4.84. The lowest BCUT2D eigenvalue weighted by molar-refractivity contribution is -0.120. The summed E-state index contributed by atoms with van der Waals surface area (Å²) in [6.45, 7) is 1.03. The second-order valence-electron chi connectivity index (χ2n) is 8.39. The quantitative estimate of drug-likeness (QED) is 0.441. The van der Waals surface area contributed by atoms with Crippen molar-refractivity contribution in [3.05, 3.63) is 60.3 Å². The summed E-state index contributed by atoms with van der Waals surface area (Å²) in [6, 6.07) is 14.9. The number of fused-ring (bicyclic) bond motifs is 1. The predicted molar refractivity (Wildman–Crippen MR) is 129 cm³/mol. The molecule has 2 aromatic heterocycles. The van der Waals surface area contributed by atoms with Crippen LogP contribution in [-0.2, 0) is 16.1 Å². The molecule has 2 N–H and O–H groups in total. The van der Waals surface area contributed by atoms with Crippen molar-refractivity contribution < 1.29 is 19.1 Å². The molecule has 2 amide bonds. The Morgan fingerprint density at radius 1 is 1.00 bits per heavy atom. The van der Waals surface area contributed by atoms with Crippen molar-refractivity contribution >= 4 is 28.7 Å². The Hall–Kier alpha value is -3.68. The third-order valence-electron chi connectivity index (χ3n) is 5.85. The average molecular weight is 463 g/mol. The van der Waals surface area contributed by atoms with Crippen molar-refractivity contribution in [3.63, 3.8) is 0 Å². The maximum absolute atomic E-state index is 12.7. The second-order valence-corrected chi connectivity index (χ2v) is 8.39. The molecule has 1 aliphatic rings. The van der Waals surface area contributed by atoms with Crippen LogP contribution in [0.5, 0.6) is 5.88 Å². The van der Waals surface area contributed by atoms with Gasteiger partial charge in [0.05, 0.1) is 17.8 Å². The zero-order chi connectivity index (χ0) is 23.6. The molecule has 0 saturated heterocycles. The zero-order valence-corrected chi connectivity index (χ0v) is 19.2. The molecular formula is C26H30N4O4. The molecule has 0 atom stereocenters. The van der Waals surface area contributed by atoms with E-state index in [1.54, 1.807) is 18.3 Å². The van der Waals surface area contributed by atoms with E-state index in [9.17, 15) is 9.59 Å². The van der Waals surface area contributed by atoms with Gasteiger partial charge in [-0.2, -0.15) is 0 Å². The lowest BCUT2D eigenvalue weighted by Crippen LogP contribution is -2.26. The first kappa shape index (κ1) is 23.5. The van der Waals surface area contributed by atoms with Gasteiger partial charge in [-0.25, -0.2) is 9.78 Å². The van der Waals surface area contributed by atoms with E-state index < -0.39 is 6.09 Å². The van der Waals surface area contributed by atoms with Gasteiger partial charge in [-0.1, -0.05) is 49.6 Å². The number of nitrogens with zero attached hydrogens (tertiary/aromatic N) is 2. The van der Waals surface area contributed by atoms with Gasteiger partial charge < -0.3 is 20.1 Å². The summed E-state index contributed by atoms with van der Waals surface area (Å²) in [5.41, 5.74) is 2.88. The number of carbonyl (C=O) groups excluding carboxylic acids is 2. The number of carbonyl (C=O) groups is 2. The Kier molecular flexibility index (Phi) is 8.27. The number of hydrogen-bond donors (Lipinski definition) is 2. The summed E-state index contributed by atoms with van der Waals surface area (Å²) >= 11 is 0. The normalized spacial score (nSPS) is 13.9. The van der Waals surface area contributed by atoms with Gasteiger partial charge in [0.25, 0.3) is 0 Å². The van der Waals surface area contributed by atoms with Crippen LogP contribution in [-0.4, -0.2) is 35.1 Å². The Bertz CT molecular complexity index is 1100. The van der Waals surface area contributed by atoms with Crippen molar-refractivity contribution in [2.24, 2.45) is 5.92 Å². The number of hydrogen-bond acceptors (Lipinski definition) is 6. The van der Waals surface area contributed by atoms with E-state index in [1.165, 1.54) is 6.42 Å². The molecular weight excluding hydrogens is 432 g/mol. The molecule has 178 valence electrons. The fraction of sp³-hybridized carbons (Fsp3) is 0.385. The van der Waals surface area contributed by atoms with Crippen molar-refractivity contribution in [1.82, 2.24) is 15.3 Å². The van der Waals surface area contributed by atoms with Gasteiger partial charge in [0.1, 0.15) is 12.1 Å². The highest BCUT2D eigenvalue weighted by molar-refractivity contribution is 6.00. The molecule has 0 aliphatic heterocycles. The first-order chi connectivity index (χ1) is 16.7. The van der Waals surface area contributed by atoms with Gasteiger partial charge in [0.2, 0.25) is 11.8 Å². The Morgan fingerprint density at radius 3 is 2.65 bits per heavy atom. The van der Waals surface area contributed by atoms with Gasteiger partial charge in [-0.15, -0.1) is 0 Å². The fourth-order valence-electron chi connectivity index (χ4n) is 4.00. The number of alkyl carbamates (subject to hydrolysis) is 1.